The van der Waals surface area contributed by atoms with Crippen LogP contribution in [0.15, 0.2) is 18.2 Å². The van der Waals surface area contributed by atoms with E-state index in [0.29, 0.717) is 18.4 Å². The van der Waals surface area contributed by atoms with Gasteiger partial charge in [-0.25, -0.2) is 4.79 Å². The molecule has 6 nitrogen and oxygen atoms in total. The van der Waals surface area contributed by atoms with Gasteiger partial charge in [0, 0.05) is 0 Å². The van der Waals surface area contributed by atoms with Crippen molar-refractivity contribution in [1.29, 1.82) is 0 Å². The number of amides is 1. The van der Waals surface area contributed by atoms with E-state index >= 15 is 0 Å². The fourth-order valence-corrected chi connectivity index (χ4v) is 3.05. The van der Waals surface area contributed by atoms with Gasteiger partial charge in [-0.2, -0.15) is 0 Å². The first kappa shape index (κ1) is 17.1. The fraction of sp³-hybridized carbons (Fsp3) is 0.529. The third-order valence-corrected chi connectivity index (χ3v) is 4.05. The SMILES string of the molecule is CC(C)(C)OC(=O)Nc1c(O)cccc1C1(C(=O)O)CCCC1. The van der Waals surface area contributed by atoms with Crippen LogP contribution in [0.5, 0.6) is 5.75 Å². The number of phenols is 1. The molecule has 0 aromatic heterocycles. The van der Waals surface area contributed by atoms with Gasteiger partial charge in [0.05, 0.1) is 11.1 Å². The Morgan fingerprint density at radius 1 is 1.22 bits per heavy atom. The second kappa shape index (κ2) is 6.10. The quantitative estimate of drug-likeness (QED) is 0.739. The number of aliphatic carboxylic acids is 1. The van der Waals surface area contributed by atoms with E-state index in [0.717, 1.165) is 12.8 Å². The molecule has 0 heterocycles. The number of hydrogen-bond acceptors (Lipinski definition) is 4. The molecule has 6 heteroatoms. The van der Waals surface area contributed by atoms with Crippen LogP contribution in [-0.2, 0) is 14.9 Å². The summed E-state index contributed by atoms with van der Waals surface area (Å²) >= 11 is 0. The zero-order chi connectivity index (χ0) is 17.3. The van der Waals surface area contributed by atoms with Crippen LogP contribution in [0.1, 0.15) is 52.0 Å². The summed E-state index contributed by atoms with van der Waals surface area (Å²) in [7, 11) is 0. The summed E-state index contributed by atoms with van der Waals surface area (Å²) in [4.78, 5) is 23.9. The van der Waals surface area contributed by atoms with Crippen LogP contribution in [0, 0.1) is 0 Å². The highest BCUT2D eigenvalue weighted by atomic mass is 16.6. The molecule has 1 aliphatic carbocycles. The Balaban J connectivity index is 2.41. The highest BCUT2D eigenvalue weighted by Gasteiger charge is 2.45. The van der Waals surface area contributed by atoms with Crippen molar-refractivity contribution in [3.05, 3.63) is 23.8 Å². The van der Waals surface area contributed by atoms with Crippen molar-refractivity contribution >= 4 is 17.7 Å². The molecule has 3 N–H and O–H groups in total. The molecule has 1 fully saturated rings. The highest BCUT2D eigenvalue weighted by molar-refractivity contribution is 5.92. The molecular formula is C17H23NO5. The van der Waals surface area contributed by atoms with Gasteiger partial charge in [0.2, 0.25) is 0 Å². The second-order valence-corrected chi connectivity index (χ2v) is 6.92. The van der Waals surface area contributed by atoms with Gasteiger partial charge in [0.25, 0.3) is 0 Å². The normalized spacial score (nSPS) is 16.8. The molecule has 0 unspecified atom stereocenters. The van der Waals surface area contributed by atoms with Crippen molar-refractivity contribution < 1.29 is 24.5 Å². The third kappa shape index (κ3) is 3.57. The number of benzene rings is 1. The summed E-state index contributed by atoms with van der Waals surface area (Å²) in [5, 5.41) is 22.4. The number of rotatable bonds is 3. The van der Waals surface area contributed by atoms with Crippen molar-refractivity contribution in [2.75, 3.05) is 5.32 Å². The van der Waals surface area contributed by atoms with Crippen molar-refractivity contribution in [2.45, 2.75) is 57.5 Å². The molecule has 1 saturated carbocycles. The number of carboxylic acids is 1. The lowest BCUT2D eigenvalue weighted by atomic mass is 9.78. The van der Waals surface area contributed by atoms with Crippen molar-refractivity contribution in [2.24, 2.45) is 0 Å². The van der Waals surface area contributed by atoms with Crippen molar-refractivity contribution in [3.63, 3.8) is 0 Å². The standard InChI is InChI=1S/C17H23NO5/c1-16(2,3)23-15(22)18-13-11(7-6-8-12(13)19)17(14(20)21)9-4-5-10-17/h6-8,19H,4-5,9-10H2,1-3H3,(H,18,22)(H,20,21). The number of nitrogens with one attached hydrogen (secondary N) is 1. The van der Waals surface area contributed by atoms with Crippen LogP contribution in [0.4, 0.5) is 10.5 Å². The van der Waals surface area contributed by atoms with Gasteiger partial charge in [-0.05, 0) is 45.2 Å². The monoisotopic (exact) mass is 321 g/mol. The summed E-state index contributed by atoms with van der Waals surface area (Å²) in [6.45, 7) is 5.19. The summed E-state index contributed by atoms with van der Waals surface area (Å²) in [5.41, 5.74) is -1.23. The van der Waals surface area contributed by atoms with Crippen molar-refractivity contribution in [1.82, 2.24) is 0 Å². The van der Waals surface area contributed by atoms with E-state index in [-0.39, 0.29) is 11.4 Å². The minimum atomic E-state index is -1.08. The molecule has 0 atom stereocenters. The van der Waals surface area contributed by atoms with Gasteiger partial charge in [-0.3, -0.25) is 10.1 Å². The molecule has 0 spiro atoms. The minimum Gasteiger partial charge on any atom is -0.506 e. The van der Waals surface area contributed by atoms with Crippen molar-refractivity contribution in [3.8, 4) is 5.75 Å². The van der Waals surface area contributed by atoms with Gasteiger partial charge >= 0.3 is 12.1 Å². The Hall–Kier alpha value is -2.24. The largest absolute Gasteiger partial charge is 0.506 e. The minimum absolute atomic E-state index is 0.117. The maximum atomic E-state index is 12.0. The average molecular weight is 321 g/mol. The van der Waals surface area contributed by atoms with E-state index in [1.807, 2.05) is 0 Å². The Morgan fingerprint density at radius 3 is 2.35 bits per heavy atom. The van der Waals surface area contributed by atoms with E-state index < -0.39 is 23.1 Å². The summed E-state index contributed by atoms with van der Waals surface area (Å²) in [6, 6.07) is 4.65. The summed E-state index contributed by atoms with van der Waals surface area (Å²) < 4.78 is 5.20. The average Bonchev–Trinajstić information content (AvgIpc) is 2.89. The number of phenolic OH excluding ortho intramolecular Hbond substituents is 1. The Bertz CT molecular complexity index is 612. The first-order valence-electron chi connectivity index (χ1n) is 7.71. The first-order chi connectivity index (χ1) is 10.7. The predicted octanol–water partition coefficient (Wildman–Crippen LogP) is 3.64. The molecule has 2 rings (SSSR count). The fourth-order valence-electron chi connectivity index (χ4n) is 3.05. The molecule has 1 aromatic carbocycles. The number of carboxylic acid groups (broad SMARTS) is 1. The molecule has 0 bridgehead atoms. The molecule has 1 aromatic rings. The van der Waals surface area contributed by atoms with E-state index in [1.54, 1.807) is 32.9 Å². The highest BCUT2D eigenvalue weighted by Crippen LogP contribution is 2.46. The van der Waals surface area contributed by atoms with Gasteiger partial charge in [-0.15, -0.1) is 0 Å². The molecule has 0 aliphatic heterocycles. The molecule has 126 valence electrons. The third-order valence-electron chi connectivity index (χ3n) is 4.05. The number of para-hydroxylation sites is 1. The lowest BCUT2D eigenvalue weighted by Gasteiger charge is -2.28. The molecule has 0 saturated heterocycles. The number of carbonyl (C=O) groups is 2. The van der Waals surface area contributed by atoms with Gasteiger partial charge < -0.3 is 14.9 Å². The molecule has 23 heavy (non-hydrogen) atoms. The van der Waals surface area contributed by atoms with Gasteiger partial charge in [0.15, 0.2) is 0 Å². The van der Waals surface area contributed by atoms with E-state index in [9.17, 15) is 19.8 Å². The van der Waals surface area contributed by atoms with Crippen LogP contribution >= 0.6 is 0 Å². The van der Waals surface area contributed by atoms with Crippen LogP contribution < -0.4 is 5.32 Å². The smallest absolute Gasteiger partial charge is 0.412 e. The van der Waals surface area contributed by atoms with Gasteiger partial charge in [-0.1, -0.05) is 25.0 Å². The van der Waals surface area contributed by atoms with E-state index in [1.165, 1.54) is 6.07 Å². The number of hydrogen-bond donors (Lipinski definition) is 3. The Kier molecular flexibility index (Phi) is 4.54. The van der Waals surface area contributed by atoms with E-state index in [4.69, 9.17) is 4.74 Å². The zero-order valence-electron chi connectivity index (χ0n) is 13.7. The topological polar surface area (TPSA) is 95.9 Å². The molecular weight excluding hydrogens is 298 g/mol. The first-order valence-corrected chi connectivity index (χ1v) is 7.71. The summed E-state index contributed by atoms with van der Waals surface area (Å²) in [5.74, 6) is -1.10. The predicted molar refractivity (Wildman–Crippen MR) is 85.7 cm³/mol. The van der Waals surface area contributed by atoms with Gasteiger partial charge in [0.1, 0.15) is 11.4 Å². The second-order valence-electron chi connectivity index (χ2n) is 6.92. The molecule has 1 amide bonds. The van der Waals surface area contributed by atoms with Crippen LogP contribution in [0.2, 0.25) is 0 Å². The van der Waals surface area contributed by atoms with Crippen LogP contribution in [-0.4, -0.2) is 27.9 Å². The molecule has 0 radical (unpaired) electrons. The maximum absolute atomic E-state index is 12.0. The Morgan fingerprint density at radius 2 is 1.83 bits per heavy atom. The summed E-state index contributed by atoms with van der Waals surface area (Å²) in [6.07, 6.45) is 1.84. The lowest BCUT2D eigenvalue weighted by Crippen LogP contribution is -2.34. The van der Waals surface area contributed by atoms with Crippen LogP contribution in [0.25, 0.3) is 0 Å². The lowest BCUT2D eigenvalue weighted by molar-refractivity contribution is -0.143. The Labute approximate surface area is 135 Å². The maximum Gasteiger partial charge on any atom is 0.412 e. The number of anilines is 1. The van der Waals surface area contributed by atoms with E-state index in [2.05, 4.69) is 5.32 Å². The number of carbonyl (C=O) groups excluding carboxylic acids is 1. The molecule has 1 aliphatic rings. The van der Waals surface area contributed by atoms with Crippen LogP contribution in [0.3, 0.4) is 0 Å². The zero-order valence-corrected chi connectivity index (χ0v) is 13.7. The number of aromatic hydroxyl groups is 1. The number of ether oxygens (including phenoxy) is 1.